The Labute approximate surface area is 110 Å². The maximum absolute atomic E-state index is 11.0. The fraction of sp³-hybridized carbons (Fsp3) is 0.333. The summed E-state index contributed by atoms with van der Waals surface area (Å²) >= 11 is 0. The number of nitrogens with one attached hydrogen (secondary N) is 1. The lowest BCUT2D eigenvalue weighted by Gasteiger charge is -2.06. The predicted octanol–water partition coefficient (Wildman–Crippen LogP) is 1.95. The number of nitrogens with zero attached hydrogens (tertiary/aromatic N) is 4. The van der Waals surface area contributed by atoms with Gasteiger partial charge in [0.1, 0.15) is 0 Å². The summed E-state index contributed by atoms with van der Waals surface area (Å²) in [6, 6.07) is 1.51. The van der Waals surface area contributed by atoms with Crippen molar-refractivity contribution in [3.05, 3.63) is 45.4 Å². The molecular weight excluding hydrogens is 246 g/mol. The Morgan fingerprint density at radius 1 is 1.42 bits per heavy atom. The third-order valence-corrected chi connectivity index (χ3v) is 2.98. The first-order chi connectivity index (χ1) is 8.99. The highest BCUT2D eigenvalue weighted by molar-refractivity contribution is 5.56. The van der Waals surface area contributed by atoms with Crippen molar-refractivity contribution in [3.8, 4) is 0 Å². The van der Waals surface area contributed by atoms with E-state index in [0.29, 0.717) is 6.54 Å². The molecule has 0 atom stereocenters. The highest BCUT2D eigenvalue weighted by Crippen LogP contribution is 2.23. The van der Waals surface area contributed by atoms with Crippen molar-refractivity contribution in [2.75, 3.05) is 5.32 Å². The number of hydrogen-bond acceptors (Lipinski definition) is 5. The maximum atomic E-state index is 11.0. The van der Waals surface area contributed by atoms with E-state index in [2.05, 4.69) is 15.4 Å². The number of nitro groups is 1. The molecule has 100 valence electrons. The summed E-state index contributed by atoms with van der Waals surface area (Å²) in [6.07, 6.45) is 3.34. The molecule has 19 heavy (non-hydrogen) atoms. The van der Waals surface area contributed by atoms with E-state index in [4.69, 9.17) is 0 Å². The number of anilines is 1. The quantitative estimate of drug-likeness (QED) is 0.671. The van der Waals surface area contributed by atoms with Gasteiger partial charge in [0.25, 0.3) is 0 Å². The van der Waals surface area contributed by atoms with E-state index in [1.165, 1.54) is 6.07 Å². The third kappa shape index (κ3) is 2.70. The first-order valence-corrected chi connectivity index (χ1v) is 5.81. The van der Waals surface area contributed by atoms with Gasteiger partial charge in [-0.15, -0.1) is 0 Å². The normalized spacial score (nSPS) is 10.5. The van der Waals surface area contributed by atoms with Crippen LogP contribution >= 0.6 is 0 Å². The van der Waals surface area contributed by atoms with E-state index >= 15 is 0 Å². The minimum atomic E-state index is -0.432. The minimum absolute atomic E-state index is 0.0125. The molecule has 0 aliphatic carbocycles. The summed E-state index contributed by atoms with van der Waals surface area (Å²) in [5.74, 6) is 0.277. The molecule has 0 saturated carbocycles. The lowest BCUT2D eigenvalue weighted by atomic mass is 10.2. The second kappa shape index (κ2) is 5.05. The topological polar surface area (TPSA) is 85.9 Å². The lowest BCUT2D eigenvalue weighted by Crippen LogP contribution is -2.06. The van der Waals surface area contributed by atoms with Gasteiger partial charge in [-0.1, -0.05) is 0 Å². The largest absolute Gasteiger partial charge is 0.360 e. The van der Waals surface area contributed by atoms with Crippen LogP contribution in [0.3, 0.4) is 0 Å². The van der Waals surface area contributed by atoms with E-state index < -0.39 is 4.92 Å². The molecule has 0 saturated heterocycles. The fourth-order valence-electron chi connectivity index (χ4n) is 1.73. The van der Waals surface area contributed by atoms with Crippen LogP contribution in [0.4, 0.5) is 11.5 Å². The molecule has 7 heteroatoms. The van der Waals surface area contributed by atoms with Crippen LogP contribution in [-0.4, -0.2) is 19.7 Å². The van der Waals surface area contributed by atoms with Gasteiger partial charge in [0, 0.05) is 37.1 Å². The maximum Gasteiger partial charge on any atom is 0.311 e. The zero-order chi connectivity index (χ0) is 14.0. The molecule has 1 N–H and O–H groups in total. The van der Waals surface area contributed by atoms with Crippen LogP contribution in [0, 0.1) is 24.0 Å². The lowest BCUT2D eigenvalue weighted by molar-refractivity contribution is -0.384. The number of aryl methyl sites for hydroxylation is 2. The molecule has 0 aliphatic heterocycles. The fourth-order valence-corrected chi connectivity index (χ4v) is 1.73. The molecule has 0 fully saturated rings. The first-order valence-electron chi connectivity index (χ1n) is 5.81. The number of pyridine rings is 1. The van der Waals surface area contributed by atoms with Crippen molar-refractivity contribution in [1.29, 1.82) is 0 Å². The molecular formula is C12H15N5O2. The number of aromatic nitrogens is 3. The zero-order valence-corrected chi connectivity index (χ0v) is 11.0. The molecule has 0 aromatic carbocycles. The number of rotatable bonds is 4. The predicted molar refractivity (Wildman–Crippen MR) is 70.9 cm³/mol. The molecule has 2 rings (SSSR count). The van der Waals surface area contributed by atoms with E-state index in [-0.39, 0.29) is 11.5 Å². The van der Waals surface area contributed by atoms with Crippen LogP contribution in [0.25, 0.3) is 0 Å². The SMILES string of the molecule is Cc1cnc(NCc2cnn(C)c2C)c([N+](=O)[O-])c1. The van der Waals surface area contributed by atoms with Gasteiger partial charge in [0.05, 0.1) is 11.1 Å². The summed E-state index contributed by atoms with van der Waals surface area (Å²) in [5, 5.41) is 18.1. The van der Waals surface area contributed by atoms with Crippen molar-refractivity contribution >= 4 is 11.5 Å². The Morgan fingerprint density at radius 2 is 2.16 bits per heavy atom. The van der Waals surface area contributed by atoms with Gasteiger partial charge in [-0.2, -0.15) is 5.10 Å². The first kappa shape index (κ1) is 13.0. The summed E-state index contributed by atoms with van der Waals surface area (Å²) < 4.78 is 1.76. The summed E-state index contributed by atoms with van der Waals surface area (Å²) in [4.78, 5) is 14.6. The third-order valence-electron chi connectivity index (χ3n) is 2.98. The van der Waals surface area contributed by atoms with Crippen LogP contribution in [0.1, 0.15) is 16.8 Å². The molecule has 0 amide bonds. The second-order valence-electron chi connectivity index (χ2n) is 4.37. The van der Waals surface area contributed by atoms with Gasteiger partial charge in [-0.3, -0.25) is 14.8 Å². The van der Waals surface area contributed by atoms with E-state index in [1.54, 1.807) is 24.0 Å². The van der Waals surface area contributed by atoms with Crippen LogP contribution in [0.15, 0.2) is 18.5 Å². The van der Waals surface area contributed by atoms with Gasteiger partial charge in [-0.05, 0) is 19.4 Å². The minimum Gasteiger partial charge on any atom is -0.360 e. The molecule has 2 aromatic heterocycles. The summed E-state index contributed by atoms with van der Waals surface area (Å²) in [5.41, 5.74) is 2.75. The second-order valence-corrected chi connectivity index (χ2v) is 4.37. The van der Waals surface area contributed by atoms with Crippen molar-refractivity contribution in [1.82, 2.24) is 14.8 Å². The van der Waals surface area contributed by atoms with Gasteiger partial charge in [0.15, 0.2) is 0 Å². The average molecular weight is 261 g/mol. The highest BCUT2D eigenvalue weighted by atomic mass is 16.6. The summed E-state index contributed by atoms with van der Waals surface area (Å²) in [6.45, 7) is 4.17. The monoisotopic (exact) mass is 261 g/mol. The zero-order valence-electron chi connectivity index (χ0n) is 11.0. The Hall–Kier alpha value is -2.44. The molecule has 0 bridgehead atoms. The van der Waals surface area contributed by atoms with Crippen LogP contribution in [0.2, 0.25) is 0 Å². The van der Waals surface area contributed by atoms with Crippen LogP contribution in [0.5, 0.6) is 0 Å². The molecule has 7 nitrogen and oxygen atoms in total. The molecule has 0 radical (unpaired) electrons. The molecule has 0 unspecified atom stereocenters. The van der Waals surface area contributed by atoms with Crippen molar-refractivity contribution in [2.24, 2.45) is 7.05 Å². The Kier molecular flexibility index (Phi) is 3.46. The van der Waals surface area contributed by atoms with Crippen molar-refractivity contribution in [2.45, 2.75) is 20.4 Å². The molecule has 0 aliphatic rings. The van der Waals surface area contributed by atoms with Gasteiger partial charge in [-0.25, -0.2) is 4.98 Å². The van der Waals surface area contributed by atoms with Gasteiger partial charge >= 0.3 is 5.69 Å². The molecule has 2 aromatic rings. The summed E-state index contributed by atoms with van der Waals surface area (Å²) in [7, 11) is 1.85. The Balaban J connectivity index is 2.20. The van der Waals surface area contributed by atoms with E-state index in [9.17, 15) is 10.1 Å². The van der Waals surface area contributed by atoms with Crippen molar-refractivity contribution < 1.29 is 4.92 Å². The van der Waals surface area contributed by atoms with Crippen LogP contribution in [-0.2, 0) is 13.6 Å². The van der Waals surface area contributed by atoms with E-state index in [1.807, 2.05) is 14.0 Å². The van der Waals surface area contributed by atoms with Crippen LogP contribution < -0.4 is 5.32 Å². The van der Waals surface area contributed by atoms with Gasteiger partial charge < -0.3 is 5.32 Å². The average Bonchev–Trinajstić information content (AvgIpc) is 2.68. The van der Waals surface area contributed by atoms with Gasteiger partial charge in [0.2, 0.25) is 5.82 Å². The molecule has 2 heterocycles. The van der Waals surface area contributed by atoms with Crippen molar-refractivity contribution in [3.63, 3.8) is 0 Å². The Bertz CT molecular complexity index is 621. The van der Waals surface area contributed by atoms with E-state index in [0.717, 1.165) is 16.8 Å². The standard InChI is InChI=1S/C12H15N5O2/c1-8-4-11(17(18)19)12(13-5-8)14-6-10-7-15-16(3)9(10)2/h4-5,7H,6H2,1-3H3,(H,13,14). The molecule has 0 spiro atoms. The Morgan fingerprint density at radius 3 is 2.74 bits per heavy atom. The smallest absolute Gasteiger partial charge is 0.311 e. The number of hydrogen-bond donors (Lipinski definition) is 1. The highest BCUT2D eigenvalue weighted by Gasteiger charge is 2.15.